The molecule has 2 atom stereocenters. The highest BCUT2D eigenvalue weighted by Gasteiger charge is 2.75. The number of carbonyl (C=O) groups excluding carboxylic acids is 1. The Labute approximate surface area is 169 Å². The van der Waals surface area contributed by atoms with Crippen LogP contribution in [-0.4, -0.2) is 31.7 Å². The van der Waals surface area contributed by atoms with E-state index >= 15 is 0 Å². The topological polar surface area (TPSA) is 75.7 Å². The van der Waals surface area contributed by atoms with Crippen molar-refractivity contribution >= 4 is 38.9 Å². The fraction of sp³-hybridized carbons (Fsp3) is 0.350. The number of carbonyl (C=O) groups is 1. The Bertz CT molecular complexity index is 1010. The van der Waals surface area contributed by atoms with E-state index in [-0.39, 0.29) is 12.0 Å². The van der Waals surface area contributed by atoms with E-state index in [1.807, 2.05) is 13.8 Å². The van der Waals surface area contributed by atoms with E-state index in [2.05, 4.69) is 5.32 Å². The van der Waals surface area contributed by atoms with Gasteiger partial charge in [0.25, 0.3) is 0 Å². The predicted molar refractivity (Wildman–Crippen MR) is 109 cm³/mol. The van der Waals surface area contributed by atoms with Gasteiger partial charge in [0, 0.05) is 23.2 Å². The Kier molecular flexibility index (Phi) is 4.55. The molecular formula is C20H21ClN2O4S. The van der Waals surface area contributed by atoms with Gasteiger partial charge in [-0.05, 0) is 68.8 Å². The van der Waals surface area contributed by atoms with Crippen LogP contribution in [0.3, 0.4) is 0 Å². The standard InChI is InChI=1S/C20H21ClN2O4S/c1-13(2)27-18-9-5-16(6-10-18)22-19(24)20-11-14(20)12-23(28(20,25)26)17-7-3-15(21)4-8-17/h3-10,13-14H,11-12H2,1-2H3,(H,22,24)/t14-,20+/m1/s1. The number of sulfonamides is 1. The quantitative estimate of drug-likeness (QED) is 0.800. The third-order valence-corrected chi connectivity index (χ3v) is 7.97. The zero-order valence-corrected chi connectivity index (χ0v) is 17.1. The number of halogens is 1. The van der Waals surface area contributed by atoms with Crippen LogP contribution in [0.4, 0.5) is 11.4 Å². The summed E-state index contributed by atoms with van der Waals surface area (Å²) >= 11 is 5.89. The van der Waals surface area contributed by atoms with Gasteiger partial charge >= 0.3 is 0 Å². The average Bonchev–Trinajstić information content (AvgIpc) is 3.33. The summed E-state index contributed by atoms with van der Waals surface area (Å²) < 4.78 is 31.8. The molecule has 2 fully saturated rings. The number of ether oxygens (including phenoxy) is 1. The lowest BCUT2D eigenvalue weighted by Gasteiger charge is -2.23. The van der Waals surface area contributed by atoms with Gasteiger partial charge in [-0.2, -0.15) is 0 Å². The molecule has 0 spiro atoms. The smallest absolute Gasteiger partial charge is 0.250 e. The molecule has 2 aliphatic rings. The second-order valence-electron chi connectivity index (χ2n) is 7.45. The molecule has 1 N–H and O–H groups in total. The van der Waals surface area contributed by atoms with Crippen LogP contribution in [0.15, 0.2) is 48.5 Å². The summed E-state index contributed by atoms with van der Waals surface area (Å²) in [7, 11) is -3.81. The van der Waals surface area contributed by atoms with E-state index in [1.165, 1.54) is 4.31 Å². The monoisotopic (exact) mass is 420 g/mol. The molecule has 1 aliphatic carbocycles. The summed E-state index contributed by atoms with van der Waals surface area (Å²) in [5.74, 6) is 0.000999. The maximum Gasteiger partial charge on any atom is 0.250 e. The first-order valence-corrected chi connectivity index (χ1v) is 10.9. The predicted octanol–water partition coefficient (Wildman–Crippen LogP) is 3.67. The summed E-state index contributed by atoms with van der Waals surface area (Å²) in [6.45, 7) is 4.16. The summed E-state index contributed by atoms with van der Waals surface area (Å²) in [6.07, 6.45) is 0.397. The normalized spacial score (nSPS) is 24.7. The Morgan fingerprint density at radius 2 is 1.82 bits per heavy atom. The van der Waals surface area contributed by atoms with Crippen LogP contribution in [0.5, 0.6) is 5.75 Å². The minimum atomic E-state index is -3.81. The molecule has 0 aromatic heterocycles. The number of nitrogens with one attached hydrogen (secondary N) is 1. The van der Waals surface area contributed by atoms with Crippen molar-refractivity contribution in [1.82, 2.24) is 0 Å². The molecule has 6 nitrogen and oxygen atoms in total. The zero-order chi connectivity index (χ0) is 20.1. The second kappa shape index (κ2) is 6.67. The lowest BCUT2D eigenvalue weighted by Crippen LogP contribution is -2.42. The Morgan fingerprint density at radius 1 is 1.18 bits per heavy atom. The van der Waals surface area contributed by atoms with Gasteiger partial charge in [-0.3, -0.25) is 9.10 Å². The number of benzene rings is 2. The van der Waals surface area contributed by atoms with Crippen molar-refractivity contribution in [2.24, 2.45) is 5.92 Å². The fourth-order valence-electron chi connectivity index (χ4n) is 3.70. The summed E-state index contributed by atoms with van der Waals surface area (Å²) in [5.41, 5.74) is 1.07. The lowest BCUT2D eigenvalue weighted by molar-refractivity contribution is -0.116. The number of amides is 1. The average molecular weight is 421 g/mol. The molecule has 1 amide bonds. The molecule has 2 aromatic carbocycles. The van der Waals surface area contributed by atoms with Gasteiger partial charge in [0.2, 0.25) is 15.9 Å². The molecule has 8 heteroatoms. The molecule has 4 rings (SSSR count). The fourth-order valence-corrected chi connectivity index (χ4v) is 6.19. The Hall–Kier alpha value is -2.25. The van der Waals surface area contributed by atoms with Crippen molar-refractivity contribution in [2.45, 2.75) is 31.1 Å². The third-order valence-electron chi connectivity index (χ3n) is 5.17. The van der Waals surface area contributed by atoms with Crippen molar-refractivity contribution in [3.05, 3.63) is 53.6 Å². The van der Waals surface area contributed by atoms with Crippen LogP contribution >= 0.6 is 11.6 Å². The Morgan fingerprint density at radius 3 is 2.43 bits per heavy atom. The molecule has 0 radical (unpaired) electrons. The van der Waals surface area contributed by atoms with Crippen LogP contribution in [0, 0.1) is 5.92 Å². The largest absolute Gasteiger partial charge is 0.491 e. The highest BCUT2D eigenvalue weighted by Crippen LogP contribution is 2.58. The number of rotatable bonds is 5. The van der Waals surface area contributed by atoms with E-state index in [0.717, 1.165) is 0 Å². The van der Waals surface area contributed by atoms with Crippen LogP contribution in [0.1, 0.15) is 20.3 Å². The van der Waals surface area contributed by atoms with Crippen molar-refractivity contribution in [3.63, 3.8) is 0 Å². The van der Waals surface area contributed by atoms with E-state index in [1.54, 1.807) is 48.5 Å². The number of nitrogens with zero attached hydrogens (tertiary/aromatic N) is 1. The molecule has 0 unspecified atom stereocenters. The first kappa shape index (κ1) is 19.1. The number of hydrogen-bond acceptors (Lipinski definition) is 4. The van der Waals surface area contributed by atoms with Gasteiger partial charge < -0.3 is 10.1 Å². The summed E-state index contributed by atoms with van der Waals surface area (Å²) in [4.78, 5) is 12.9. The van der Waals surface area contributed by atoms with Crippen molar-refractivity contribution in [1.29, 1.82) is 0 Å². The third kappa shape index (κ3) is 3.02. The van der Waals surface area contributed by atoms with Crippen LogP contribution in [-0.2, 0) is 14.8 Å². The highest BCUT2D eigenvalue weighted by atomic mass is 35.5. The number of fused-ring (bicyclic) bond motifs is 1. The van der Waals surface area contributed by atoms with Crippen molar-refractivity contribution < 1.29 is 17.9 Å². The van der Waals surface area contributed by atoms with Gasteiger partial charge in [0.1, 0.15) is 5.75 Å². The molecule has 2 aromatic rings. The lowest BCUT2D eigenvalue weighted by atomic mass is 10.2. The molecule has 28 heavy (non-hydrogen) atoms. The second-order valence-corrected chi connectivity index (χ2v) is 10.0. The van der Waals surface area contributed by atoms with E-state index < -0.39 is 20.7 Å². The van der Waals surface area contributed by atoms with Crippen LogP contribution in [0.25, 0.3) is 0 Å². The summed E-state index contributed by atoms with van der Waals surface area (Å²) in [5, 5.41) is 3.29. The van der Waals surface area contributed by atoms with E-state index in [9.17, 15) is 13.2 Å². The molecule has 148 valence electrons. The van der Waals surface area contributed by atoms with Gasteiger partial charge in [-0.1, -0.05) is 11.6 Å². The maximum atomic E-state index is 13.2. The summed E-state index contributed by atoms with van der Waals surface area (Å²) in [6, 6.07) is 13.5. The minimum absolute atomic E-state index is 0.0500. The van der Waals surface area contributed by atoms with Crippen LogP contribution < -0.4 is 14.4 Å². The Balaban J connectivity index is 1.53. The first-order valence-electron chi connectivity index (χ1n) is 9.10. The highest BCUT2D eigenvalue weighted by molar-refractivity contribution is 7.95. The van der Waals surface area contributed by atoms with Gasteiger partial charge in [-0.15, -0.1) is 0 Å². The zero-order valence-electron chi connectivity index (χ0n) is 15.6. The van der Waals surface area contributed by atoms with Gasteiger partial charge in [0.15, 0.2) is 4.75 Å². The number of anilines is 2. The number of hydrogen-bond donors (Lipinski definition) is 1. The van der Waals surface area contributed by atoms with E-state index in [4.69, 9.17) is 16.3 Å². The molecule has 1 aliphatic heterocycles. The SMILES string of the molecule is CC(C)Oc1ccc(NC(=O)[C@]23C[C@@H]2CN(c2ccc(Cl)cc2)S3(=O)=O)cc1. The molecule has 1 heterocycles. The molecular weight excluding hydrogens is 400 g/mol. The van der Waals surface area contributed by atoms with Crippen molar-refractivity contribution in [3.8, 4) is 5.75 Å². The first-order chi connectivity index (χ1) is 13.2. The maximum absolute atomic E-state index is 13.2. The molecule has 1 saturated heterocycles. The molecule has 0 bridgehead atoms. The minimum Gasteiger partial charge on any atom is -0.491 e. The van der Waals surface area contributed by atoms with Crippen LogP contribution in [0.2, 0.25) is 5.02 Å². The van der Waals surface area contributed by atoms with E-state index in [0.29, 0.717) is 35.1 Å². The molecule has 1 saturated carbocycles. The van der Waals surface area contributed by atoms with Gasteiger partial charge in [0.05, 0.1) is 11.8 Å². The van der Waals surface area contributed by atoms with Gasteiger partial charge in [-0.25, -0.2) is 8.42 Å². The van der Waals surface area contributed by atoms with Crippen molar-refractivity contribution in [2.75, 3.05) is 16.2 Å².